The van der Waals surface area contributed by atoms with Crippen LogP contribution in [-0.2, 0) is 9.59 Å². The second-order valence-corrected chi connectivity index (χ2v) is 8.86. The fraction of sp³-hybridized carbons (Fsp3) is 0.550. The van der Waals surface area contributed by atoms with E-state index in [1.54, 1.807) is 0 Å². The van der Waals surface area contributed by atoms with Crippen molar-refractivity contribution in [2.45, 2.75) is 63.9 Å². The van der Waals surface area contributed by atoms with E-state index in [1.807, 2.05) is 20.8 Å². The molecule has 0 radical (unpaired) electrons. The lowest BCUT2D eigenvalue weighted by atomic mass is 9.77. The molecule has 9 heteroatoms. The molecule has 3 rings (SSSR count). The van der Waals surface area contributed by atoms with E-state index in [1.165, 1.54) is 0 Å². The van der Waals surface area contributed by atoms with Gasteiger partial charge in [0.1, 0.15) is 16.6 Å². The summed E-state index contributed by atoms with van der Waals surface area (Å²) in [5, 5.41) is 13.5. The Morgan fingerprint density at radius 2 is 1.97 bits per heavy atom. The number of hydrogen-bond acceptors (Lipinski definition) is 6. The minimum absolute atomic E-state index is 0.0648. The SMILES string of the molecule is Cc1nc(SCC(=O)NN2C(=O)NC3(CCC(C)CC3)C2=O)c(C#N)c(C)c1C. The first kappa shape index (κ1) is 21.1. The van der Waals surface area contributed by atoms with Crippen molar-refractivity contribution in [3.63, 3.8) is 0 Å². The molecule has 8 nitrogen and oxygen atoms in total. The minimum Gasteiger partial charge on any atom is -0.322 e. The standard InChI is InChI=1S/C20H25N5O3S/c1-11-5-7-20(8-6-11)18(27)25(19(28)23-20)24-16(26)10-29-17-15(9-21)13(3)12(2)14(4)22-17/h11H,5-8,10H2,1-4H3,(H,23,28)(H,24,26). The Bertz CT molecular complexity index is 916. The zero-order valence-corrected chi connectivity index (χ0v) is 17.9. The zero-order valence-electron chi connectivity index (χ0n) is 17.1. The van der Waals surface area contributed by atoms with Crippen molar-refractivity contribution in [1.82, 2.24) is 20.7 Å². The fourth-order valence-electron chi connectivity index (χ4n) is 3.75. The lowest BCUT2D eigenvalue weighted by molar-refractivity contribution is -0.139. The number of nitrogens with one attached hydrogen (secondary N) is 2. The van der Waals surface area contributed by atoms with Crippen molar-refractivity contribution >= 4 is 29.6 Å². The minimum atomic E-state index is -0.898. The van der Waals surface area contributed by atoms with Gasteiger partial charge in [-0.1, -0.05) is 18.7 Å². The van der Waals surface area contributed by atoms with Crippen LogP contribution in [0.1, 0.15) is 55.0 Å². The number of carbonyl (C=O) groups excluding carboxylic acids is 3. The maximum atomic E-state index is 12.8. The van der Waals surface area contributed by atoms with Gasteiger partial charge in [0.25, 0.3) is 5.91 Å². The van der Waals surface area contributed by atoms with Gasteiger partial charge in [0.15, 0.2) is 0 Å². The monoisotopic (exact) mass is 415 g/mol. The number of hydrazine groups is 1. The van der Waals surface area contributed by atoms with Gasteiger partial charge in [0.2, 0.25) is 5.91 Å². The molecule has 1 spiro atoms. The van der Waals surface area contributed by atoms with Crippen molar-refractivity contribution < 1.29 is 14.4 Å². The van der Waals surface area contributed by atoms with Gasteiger partial charge in [-0.05, 0) is 63.5 Å². The summed E-state index contributed by atoms with van der Waals surface area (Å²) in [4.78, 5) is 41.9. The number of rotatable bonds is 4. The van der Waals surface area contributed by atoms with E-state index < -0.39 is 23.4 Å². The molecule has 0 aromatic carbocycles. The molecular formula is C20H25N5O3S. The maximum Gasteiger partial charge on any atom is 0.344 e. The Kier molecular flexibility index (Phi) is 5.85. The molecular weight excluding hydrogens is 390 g/mol. The van der Waals surface area contributed by atoms with Gasteiger partial charge in [-0.3, -0.25) is 15.0 Å². The highest BCUT2D eigenvalue weighted by Gasteiger charge is 2.52. The average Bonchev–Trinajstić information content (AvgIpc) is 2.91. The molecule has 1 aromatic heterocycles. The summed E-state index contributed by atoms with van der Waals surface area (Å²) in [6.45, 7) is 7.73. The third-order valence-electron chi connectivity index (χ3n) is 5.94. The van der Waals surface area contributed by atoms with Crippen molar-refractivity contribution in [2.75, 3.05) is 5.75 Å². The molecule has 0 atom stereocenters. The quantitative estimate of drug-likeness (QED) is 0.577. The second-order valence-electron chi connectivity index (χ2n) is 7.90. The van der Waals surface area contributed by atoms with Gasteiger partial charge in [0.05, 0.1) is 11.3 Å². The van der Waals surface area contributed by atoms with E-state index in [0.717, 1.165) is 46.4 Å². The molecule has 1 saturated carbocycles. The van der Waals surface area contributed by atoms with Crippen LogP contribution in [0.5, 0.6) is 0 Å². The Labute approximate surface area is 174 Å². The molecule has 2 aliphatic rings. The summed E-state index contributed by atoms with van der Waals surface area (Å²) in [5.74, 6) is -0.439. The van der Waals surface area contributed by atoms with E-state index in [0.29, 0.717) is 29.3 Å². The van der Waals surface area contributed by atoms with Gasteiger partial charge < -0.3 is 5.32 Å². The molecule has 0 unspecified atom stereocenters. The number of pyridine rings is 1. The number of carbonyl (C=O) groups is 3. The van der Waals surface area contributed by atoms with Crippen LogP contribution in [0.2, 0.25) is 0 Å². The summed E-state index contributed by atoms with van der Waals surface area (Å²) in [7, 11) is 0. The first-order chi connectivity index (χ1) is 13.7. The molecule has 1 aliphatic carbocycles. The number of urea groups is 1. The third-order valence-corrected chi connectivity index (χ3v) is 6.92. The smallest absolute Gasteiger partial charge is 0.322 e. The Morgan fingerprint density at radius 3 is 2.59 bits per heavy atom. The highest BCUT2D eigenvalue weighted by molar-refractivity contribution is 8.00. The van der Waals surface area contributed by atoms with Gasteiger partial charge >= 0.3 is 6.03 Å². The summed E-state index contributed by atoms with van der Waals surface area (Å²) >= 11 is 1.11. The average molecular weight is 416 g/mol. The van der Waals surface area contributed by atoms with E-state index in [-0.39, 0.29) is 5.75 Å². The molecule has 1 saturated heterocycles. The zero-order chi connectivity index (χ0) is 21.3. The molecule has 2 fully saturated rings. The van der Waals surface area contributed by atoms with Crippen molar-refractivity contribution in [2.24, 2.45) is 5.92 Å². The predicted molar refractivity (Wildman–Crippen MR) is 108 cm³/mol. The molecule has 1 aromatic rings. The maximum absolute atomic E-state index is 12.8. The third kappa shape index (κ3) is 3.94. The number of imide groups is 1. The second kappa shape index (κ2) is 8.03. The number of nitriles is 1. The Balaban J connectivity index is 1.66. The Hall–Kier alpha value is -2.60. The highest BCUT2D eigenvalue weighted by atomic mass is 32.2. The first-order valence-corrected chi connectivity index (χ1v) is 10.6. The summed E-state index contributed by atoms with van der Waals surface area (Å²) in [6.07, 6.45) is 2.88. The summed E-state index contributed by atoms with van der Waals surface area (Å²) < 4.78 is 0. The van der Waals surface area contributed by atoms with Gasteiger partial charge in [-0.25, -0.2) is 9.78 Å². The van der Waals surface area contributed by atoms with E-state index in [9.17, 15) is 19.6 Å². The van der Waals surface area contributed by atoms with Crippen LogP contribution in [0.15, 0.2) is 5.03 Å². The number of amides is 4. The number of thioether (sulfide) groups is 1. The van der Waals surface area contributed by atoms with Gasteiger partial charge in [-0.2, -0.15) is 10.3 Å². The number of aromatic nitrogens is 1. The van der Waals surface area contributed by atoms with Crippen molar-refractivity contribution in [3.05, 3.63) is 22.4 Å². The molecule has 0 bridgehead atoms. The molecule has 1 aliphatic heterocycles. The van der Waals surface area contributed by atoms with Crippen LogP contribution in [0.3, 0.4) is 0 Å². The van der Waals surface area contributed by atoms with Crippen LogP contribution < -0.4 is 10.7 Å². The van der Waals surface area contributed by atoms with Crippen LogP contribution in [0.4, 0.5) is 4.79 Å². The topological polar surface area (TPSA) is 115 Å². The van der Waals surface area contributed by atoms with E-state index in [2.05, 4.69) is 28.7 Å². The van der Waals surface area contributed by atoms with Crippen LogP contribution in [0.25, 0.3) is 0 Å². The molecule has 2 N–H and O–H groups in total. The van der Waals surface area contributed by atoms with Gasteiger partial charge in [0, 0.05) is 5.69 Å². The Morgan fingerprint density at radius 1 is 1.31 bits per heavy atom. The fourth-order valence-corrected chi connectivity index (χ4v) is 4.63. The highest BCUT2D eigenvalue weighted by Crippen LogP contribution is 2.35. The van der Waals surface area contributed by atoms with Crippen LogP contribution >= 0.6 is 11.8 Å². The number of aryl methyl sites for hydroxylation is 1. The lowest BCUT2D eigenvalue weighted by Crippen LogP contribution is -2.51. The first-order valence-electron chi connectivity index (χ1n) is 9.65. The van der Waals surface area contributed by atoms with E-state index >= 15 is 0 Å². The molecule has 4 amide bonds. The van der Waals surface area contributed by atoms with Gasteiger partial charge in [-0.15, -0.1) is 0 Å². The number of hydrogen-bond donors (Lipinski definition) is 2. The summed E-state index contributed by atoms with van der Waals surface area (Å²) in [5.41, 5.74) is 4.54. The molecule has 154 valence electrons. The normalized spacial score (nSPS) is 23.8. The summed E-state index contributed by atoms with van der Waals surface area (Å²) in [6, 6.07) is 1.55. The largest absolute Gasteiger partial charge is 0.344 e. The van der Waals surface area contributed by atoms with E-state index in [4.69, 9.17) is 0 Å². The van der Waals surface area contributed by atoms with Crippen LogP contribution in [0, 0.1) is 38.0 Å². The van der Waals surface area contributed by atoms with Crippen LogP contribution in [-0.4, -0.2) is 39.1 Å². The molecule has 2 heterocycles. The predicted octanol–water partition coefficient (Wildman–Crippen LogP) is 2.50. The van der Waals surface area contributed by atoms with Crippen molar-refractivity contribution in [3.8, 4) is 6.07 Å². The molecule has 29 heavy (non-hydrogen) atoms. The van der Waals surface area contributed by atoms with Crippen molar-refractivity contribution in [1.29, 1.82) is 5.26 Å². The lowest BCUT2D eigenvalue weighted by Gasteiger charge is -2.33. The number of nitrogens with zero attached hydrogens (tertiary/aromatic N) is 3.